The van der Waals surface area contributed by atoms with Crippen LogP contribution >= 0.6 is 0 Å². The second kappa shape index (κ2) is 13.3. The molecule has 0 saturated heterocycles. The van der Waals surface area contributed by atoms with Crippen LogP contribution in [0.3, 0.4) is 0 Å². The summed E-state index contributed by atoms with van der Waals surface area (Å²) in [6.07, 6.45) is 0. The summed E-state index contributed by atoms with van der Waals surface area (Å²) >= 11 is 0. The van der Waals surface area contributed by atoms with Gasteiger partial charge in [0.2, 0.25) is 5.75 Å². The molecule has 0 spiro atoms. The molecule has 3 N–H and O–H groups in total. The van der Waals surface area contributed by atoms with E-state index in [4.69, 9.17) is 34.8 Å². The van der Waals surface area contributed by atoms with Crippen molar-refractivity contribution < 1.29 is 18.9 Å². The van der Waals surface area contributed by atoms with Crippen molar-refractivity contribution in [2.45, 2.75) is 6.54 Å². The summed E-state index contributed by atoms with van der Waals surface area (Å²) in [7, 11) is 6.38. The summed E-state index contributed by atoms with van der Waals surface area (Å²) in [5, 5.41) is 9.48. The van der Waals surface area contributed by atoms with Gasteiger partial charge < -0.3 is 30.0 Å². The number of nitrogens with one attached hydrogen (secondary N) is 1. The number of nitrogens with zero attached hydrogens (tertiary/aromatic N) is 4. The molecule has 0 fully saturated rings. The summed E-state index contributed by atoms with van der Waals surface area (Å²) in [6.45, 7) is 0.478. The van der Waals surface area contributed by atoms with Crippen molar-refractivity contribution in [2.24, 2.45) is 10.7 Å². The predicted molar refractivity (Wildman–Crippen MR) is 181 cm³/mol. The van der Waals surface area contributed by atoms with Gasteiger partial charge in [0.25, 0.3) is 0 Å². The molecule has 0 bridgehead atoms. The Bertz CT molecular complexity index is 1970. The number of aromatic nitrogens is 3. The summed E-state index contributed by atoms with van der Waals surface area (Å²) in [5.74, 6) is 3.05. The number of benzene rings is 4. The third-order valence-electron chi connectivity index (χ3n) is 7.46. The molecule has 46 heavy (non-hydrogen) atoms. The molecule has 0 saturated carbocycles. The molecule has 2 aromatic heterocycles. The average molecular weight is 615 g/mol. The first kappa shape index (κ1) is 30.0. The number of fused-ring (bicyclic) bond motifs is 1. The second-order valence-corrected chi connectivity index (χ2v) is 10.3. The Kier molecular flexibility index (Phi) is 8.69. The summed E-state index contributed by atoms with van der Waals surface area (Å²) in [6, 6.07) is 33.1. The average Bonchev–Trinajstić information content (AvgIpc) is 3.47. The standard InChI is InChI=1S/C36H34N6O4/c1-43-27-17-15-23(16-18-27)22-42-33-28(32(41-42)24-11-7-5-8-12-24)21-29(35(37)38-25-13-9-6-10-14-25)40-36(33)39-26-19-30(44-2)34(46-4)31(20-26)45-3/h5-21H,22H2,1-4H3,(H2,37,38)(H,39,40). The van der Waals surface area contributed by atoms with Crippen LogP contribution in [0, 0.1) is 0 Å². The van der Waals surface area contributed by atoms with Crippen LogP contribution in [0.1, 0.15) is 11.3 Å². The fourth-order valence-corrected chi connectivity index (χ4v) is 5.24. The highest BCUT2D eigenvalue weighted by Gasteiger charge is 2.21. The molecular formula is C36H34N6O4. The van der Waals surface area contributed by atoms with Gasteiger partial charge in [-0.3, -0.25) is 4.68 Å². The molecule has 6 rings (SSSR count). The number of hydrogen-bond donors (Lipinski definition) is 2. The van der Waals surface area contributed by atoms with Crippen molar-refractivity contribution in [3.8, 4) is 34.3 Å². The van der Waals surface area contributed by atoms with Gasteiger partial charge in [-0.2, -0.15) is 5.10 Å². The van der Waals surface area contributed by atoms with Crippen LogP contribution < -0.4 is 30.0 Å². The Morgan fingerprint density at radius 2 is 1.43 bits per heavy atom. The third-order valence-corrected chi connectivity index (χ3v) is 7.46. The molecule has 0 atom stereocenters. The minimum absolute atomic E-state index is 0.267. The first-order chi connectivity index (χ1) is 22.5. The lowest BCUT2D eigenvalue weighted by atomic mass is 10.1. The number of anilines is 2. The van der Waals surface area contributed by atoms with Gasteiger partial charge in [0.15, 0.2) is 17.3 Å². The van der Waals surface area contributed by atoms with E-state index in [0.717, 1.165) is 39.2 Å². The van der Waals surface area contributed by atoms with Gasteiger partial charge in [-0.1, -0.05) is 60.7 Å². The van der Waals surface area contributed by atoms with E-state index in [1.807, 2.05) is 108 Å². The Labute approximate surface area is 267 Å². The Morgan fingerprint density at radius 3 is 2.04 bits per heavy atom. The lowest BCUT2D eigenvalue weighted by molar-refractivity contribution is 0.324. The van der Waals surface area contributed by atoms with Crippen LogP contribution in [-0.2, 0) is 6.54 Å². The van der Waals surface area contributed by atoms with Crippen molar-refractivity contribution in [2.75, 3.05) is 33.8 Å². The maximum Gasteiger partial charge on any atom is 0.203 e. The van der Waals surface area contributed by atoms with Gasteiger partial charge >= 0.3 is 0 Å². The Morgan fingerprint density at radius 1 is 0.783 bits per heavy atom. The number of hydrogen-bond acceptors (Lipinski definition) is 8. The SMILES string of the molecule is COc1ccc(Cn2nc(-c3ccccc3)c3cc(C(N)=Nc4ccccc4)nc(Nc4cc(OC)c(OC)c(OC)c4)c32)cc1. The van der Waals surface area contributed by atoms with Crippen LogP contribution in [0.4, 0.5) is 17.2 Å². The molecule has 2 heterocycles. The summed E-state index contributed by atoms with van der Waals surface area (Å²) in [5.41, 5.74) is 12.1. The van der Waals surface area contributed by atoms with Crippen LogP contribution in [0.25, 0.3) is 22.2 Å². The van der Waals surface area contributed by atoms with E-state index < -0.39 is 0 Å². The topological polar surface area (TPSA) is 118 Å². The first-order valence-electron chi connectivity index (χ1n) is 14.6. The van der Waals surface area contributed by atoms with Gasteiger partial charge in [0.1, 0.15) is 28.5 Å². The van der Waals surface area contributed by atoms with Crippen LogP contribution in [0.2, 0.25) is 0 Å². The molecule has 10 heteroatoms. The van der Waals surface area contributed by atoms with Gasteiger partial charge in [-0.15, -0.1) is 0 Å². The minimum Gasteiger partial charge on any atom is -0.497 e. The van der Waals surface area contributed by atoms with Gasteiger partial charge in [0, 0.05) is 28.8 Å². The fourth-order valence-electron chi connectivity index (χ4n) is 5.24. The summed E-state index contributed by atoms with van der Waals surface area (Å²) in [4.78, 5) is 9.69. The van der Waals surface area contributed by atoms with Gasteiger partial charge in [-0.25, -0.2) is 9.98 Å². The maximum absolute atomic E-state index is 6.62. The number of ether oxygens (including phenoxy) is 4. The van der Waals surface area contributed by atoms with E-state index in [-0.39, 0.29) is 5.84 Å². The monoisotopic (exact) mass is 614 g/mol. The zero-order valence-electron chi connectivity index (χ0n) is 26.0. The van der Waals surface area contributed by atoms with E-state index in [1.54, 1.807) is 28.4 Å². The molecule has 0 aliphatic heterocycles. The summed E-state index contributed by atoms with van der Waals surface area (Å²) < 4.78 is 24.1. The molecule has 0 aliphatic carbocycles. The fraction of sp³-hybridized carbons (Fsp3) is 0.139. The third kappa shape index (κ3) is 6.14. The van der Waals surface area contributed by atoms with Crippen molar-refractivity contribution in [1.29, 1.82) is 0 Å². The van der Waals surface area contributed by atoms with E-state index in [2.05, 4.69) is 10.3 Å². The molecule has 10 nitrogen and oxygen atoms in total. The smallest absolute Gasteiger partial charge is 0.203 e. The number of methoxy groups -OCH3 is 4. The molecule has 4 aromatic carbocycles. The lowest BCUT2D eigenvalue weighted by Gasteiger charge is -2.16. The Hall–Kier alpha value is -6.03. The van der Waals surface area contributed by atoms with Gasteiger partial charge in [0.05, 0.1) is 40.7 Å². The quantitative estimate of drug-likeness (QED) is 0.119. The molecule has 0 unspecified atom stereocenters. The Balaban J connectivity index is 1.58. The largest absolute Gasteiger partial charge is 0.497 e. The lowest BCUT2D eigenvalue weighted by Crippen LogP contribution is -2.16. The molecule has 6 aromatic rings. The highest BCUT2D eigenvalue weighted by Crippen LogP contribution is 2.41. The first-order valence-corrected chi connectivity index (χ1v) is 14.6. The second-order valence-electron chi connectivity index (χ2n) is 10.3. The van der Waals surface area contributed by atoms with E-state index in [1.165, 1.54) is 0 Å². The number of pyridine rings is 1. The number of amidine groups is 1. The van der Waals surface area contributed by atoms with E-state index >= 15 is 0 Å². The molecule has 0 amide bonds. The molecule has 0 radical (unpaired) electrons. The highest BCUT2D eigenvalue weighted by atomic mass is 16.5. The van der Waals surface area contributed by atoms with E-state index in [0.29, 0.717) is 41.0 Å². The van der Waals surface area contributed by atoms with Crippen molar-refractivity contribution in [3.63, 3.8) is 0 Å². The van der Waals surface area contributed by atoms with Crippen LogP contribution in [0.5, 0.6) is 23.0 Å². The van der Waals surface area contributed by atoms with Crippen molar-refractivity contribution in [3.05, 3.63) is 114 Å². The van der Waals surface area contributed by atoms with Gasteiger partial charge in [-0.05, 0) is 35.9 Å². The van der Waals surface area contributed by atoms with Crippen LogP contribution in [0.15, 0.2) is 108 Å². The minimum atomic E-state index is 0.267. The number of rotatable bonds is 11. The normalized spacial score (nSPS) is 11.3. The zero-order chi connectivity index (χ0) is 32.0. The van der Waals surface area contributed by atoms with Crippen molar-refractivity contribution >= 4 is 33.9 Å². The highest BCUT2D eigenvalue weighted by molar-refractivity contribution is 6.06. The number of para-hydroxylation sites is 1. The molecule has 232 valence electrons. The molecular weight excluding hydrogens is 580 g/mol. The number of aliphatic imine (C=N–C) groups is 1. The number of nitrogens with two attached hydrogens (primary N) is 1. The predicted octanol–water partition coefficient (Wildman–Crippen LogP) is 6.96. The van der Waals surface area contributed by atoms with Crippen molar-refractivity contribution in [1.82, 2.24) is 14.8 Å². The molecule has 0 aliphatic rings. The van der Waals surface area contributed by atoms with E-state index in [9.17, 15) is 0 Å². The van der Waals surface area contributed by atoms with Crippen LogP contribution in [-0.4, -0.2) is 49.0 Å². The maximum atomic E-state index is 6.62. The zero-order valence-corrected chi connectivity index (χ0v) is 26.0.